The van der Waals surface area contributed by atoms with Crippen LogP contribution in [0.1, 0.15) is 29.6 Å². The van der Waals surface area contributed by atoms with Gasteiger partial charge in [0.15, 0.2) is 0 Å². The number of nitrogens with one attached hydrogen (secondary N) is 1. The normalized spacial score (nSPS) is 17.1. The van der Waals surface area contributed by atoms with Crippen LogP contribution < -0.4 is 5.32 Å². The number of hydrogen-bond acceptors (Lipinski definition) is 3. The molecule has 18 heavy (non-hydrogen) atoms. The number of halogens is 1. The van der Waals surface area contributed by atoms with Gasteiger partial charge in [-0.15, -0.1) is 12.6 Å². The zero-order valence-corrected chi connectivity index (χ0v) is 11.1. The van der Waals surface area contributed by atoms with Crippen LogP contribution in [0.25, 0.3) is 0 Å². The summed E-state index contributed by atoms with van der Waals surface area (Å²) in [6.45, 7) is 0.415. The Kier molecular flexibility index (Phi) is 3.92. The molecule has 3 nitrogen and oxygen atoms in total. The summed E-state index contributed by atoms with van der Waals surface area (Å²) in [5.41, 5.74) is -0.238. The van der Waals surface area contributed by atoms with Gasteiger partial charge in [-0.3, -0.25) is 4.79 Å². The van der Waals surface area contributed by atoms with E-state index < -0.39 is 11.7 Å². The highest BCUT2D eigenvalue weighted by Gasteiger charge is 2.37. The van der Waals surface area contributed by atoms with E-state index in [1.54, 1.807) is 7.11 Å². The van der Waals surface area contributed by atoms with E-state index in [2.05, 4.69) is 17.9 Å². The van der Waals surface area contributed by atoms with Crippen molar-refractivity contribution in [1.29, 1.82) is 0 Å². The highest BCUT2D eigenvalue weighted by atomic mass is 32.1. The van der Waals surface area contributed by atoms with E-state index >= 15 is 0 Å². The minimum absolute atomic E-state index is 0.0214. The first-order valence-corrected chi connectivity index (χ1v) is 6.33. The van der Waals surface area contributed by atoms with Crippen LogP contribution in [-0.2, 0) is 4.74 Å². The molecule has 1 aromatic carbocycles. The molecule has 0 radical (unpaired) electrons. The molecule has 0 atom stereocenters. The van der Waals surface area contributed by atoms with Crippen LogP contribution in [0.4, 0.5) is 4.39 Å². The first-order valence-electron chi connectivity index (χ1n) is 5.88. The van der Waals surface area contributed by atoms with Crippen molar-refractivity contribution in [2.75, 3.05) is 13.7 Å². The standard InChI is InChI=1S/C13H16FNO2S/c1-17-13(5-2-6-13)8-15-12(16)10-7-9(18)3-4-11(10)14/h3-4,7,18H,2,5-6,8H2,1H3,(H,15,16). The van der Waals surface area contributed by atoms with Crippen LogP contribution in [-0.4, -0.2) is 25.2 Å². The molecule has 0 heterocycles. The van der Waals surface area contributed by atoms with Crippen molar-refractivity contribution < 1.29 is 13.9 Å². The molecule has 1 saturated carbocycles. The second-order valence-corrected chi connectivity index (χ2v) is 5.10. The van der Waals surface area contributed by atoms with Crippen molar-refractivity contribution in [3.8, 4) is 0 Å². The third kappa shape index (κ3) is 2.67. The molecule has 2 rings (SSSR count). The molecule has 1 aliphatic carbocycles. The second kappa shape index (κ2) is 5.28. The lowest BCUT2D eigenvalue weighted by Gasteiger charge is -2.40. The second-order valence-electron chi connectivity index (χ2n) is 4.59. The van der Waals surface area contributed by atoms with E-state index in [9.17, 15) is 9.18 Å². The van der Waals surface area contributed by atoms with E-state index in [1.807, 2.05) is 0 Å². The van der Waals surface area contributed by atoms with Crippen LogP contribution in [0, 0.1) is 5.82 Å². The van der Waals surface area contributed by atoms with E-state index in [-0.39, 0.29) is 11.2 Å². The first kappa shape index (κ1) is 13.4. The summed E-state index contributed by atoms with van der Waals surface area (Å²) < 4.78 is 18.9. The molecule has 1 aromatic rings. The maximum Gasteiger partial charge on any atom is 0.254 e. The van der Waals surface area contributed by atoms with Crippen molar-refractivity contribution >= 4 is 18.5 Å². The summed E-state index contributed by atoms with van der Waals surface area (Å²) in [5, 5.41) is 2.72. The predicted octanol–water partition coefficient (Wildman–Crippen LogP) is 2.41. The first-order chi connectivity index (χ1) is 8.56. The van der Waals surface area contributed by atoms with Gasteiger partial charge in [-0.1, -0.05) is 0 Å². The largest absolute Gasteiger partial charge is 0.376 e. The van der Waals surface area contributed by atoms with Crippen molar-refractivity contribution in [1.82, 2.24) is 5.32 Å². The molecular weight excluding hydrogens is 253 g/mol. The number of thiol groups is 1. The van der Waals surface area contributed by atoms with Crippen LogP contribution >= 0.6 is 12.6 Å². The van der Waals surface area contributed by atoms with Crippen LogP contribution in [0.3, 0.4) is 0 Å². The number of ether oxygens (including phenoxy) is 1. The smallest absolute Gasteiger partial charge is 0.254 e. The lowest BCUT2D eigenvalue weighted by Crippen LogP contribution is -2.49. The Morgan fingerprint density at radius 3 is 2.83 bits per heavy atom. The molecule has 0 unspecified atom stereocenters. The molecule has 1 aliphatic rings. The van der Waals surface area contributed by atoms with Crippen molar-refractivity contribution in [2.24, 2.45) is 0 Å². The van der Waals surface area contributed by atoms with Gasteiger partial charge in [-0.25, -0.2) is 4.39 Å². The molecule has 0 aromatic heterocycles. The third-order valence-electron chi connectivity index (χ3n) is 3.46. The number of hydrogen-bond donors (Lipinski definition) is 2. The van der Waals surface area contributed by atoms with Gasteiger partial charge in [0.25, 0.3) is 5.91 Å². The number of benzene rings is 1. The monoisotopic (exact) mass is 269 g/mol. The van der Waals surface area contributed by atoms with Crippen LogP contribution in [0.5, 0.6) is 0 Å². The summed E-state index contributed by atoms with van der Waals surface area (Å²) in [6, 6.07) is 4.18. The van der Waals surface area contributed by atoms with Gasteiger partial charge in [-0.2, -0.15) is 0 Å². The molecule has 98 valence electrons. The molecule has 0 bridgehead atoms. The van der Waals surface area contributed by atoms with Gasteiger partial charge in [0.1, 0.15) is 5.82 Å². The lowest BCUT2D eigenvalue weighted by atomic mass is 9.80. The minimum atomic E-state index is -0.537. The predicted molar refractivity (Wildman–Crippen MR) is 69.6 cm³/mol. The van der Waals surface area contributed by atoms with Crippen LogP contribution in [0.2, 0.25) is 0 Å². The summed E-state index contributed by atoms with van der Waals surface area (Å²) in [7, 11) is 1.64. The van der Waals surface area contributed by atoms with Crippen molar-refractivity contribution in [2.45, 2.75) is 29.8 Å². The fraction of sp³-hybridized carbons (Fsp3) is 0.462. The fourth-order valence-electron chi connectivity index (χ4n) is 2.05. The van der Waals surface area contributed by atoms with E-state index in [0.29, 0.717) is 11.4 Å². The lowest BCUT2D eigenvalue weighted by molar-refractivity contribution is -0.0679. The Morgan fingerprint density at radius 1 is 1.56 bits per heavy atom. The summed E-state index contributed by atoms with van der Waals surface area (Å²) in [6.07, 6.45) is 2.96. The zero-order valence-electron chi connectivity index (χ0n) is 10.2. The van der Waals surface area contributed by atoms with E-state index in [0.717, 1.165) is 19.3 Å². The molecule has 1 fully saturated rings. The molecule has 1 N–H and O–H groups in total. The Hall–Kier alpha value is -1.07. The zero-order chi connectivity index (χ0) is 13.2. The summed E-state index contributed by atoms with van der Waals surface area (Å²) >= 11 is 4.10. The van der Waals surface area contributed by atoms with Crippen molar-refractivity contribution in [3.05, 3.63) is 29.6 Å². The number of carbonyl (C=O) groups is 1. The maximum absolute atomic E-state index is 13.5. The highest BCUT2D eigenvalue weighted by molar-refractivity contribution is 7.80. The average molecular weight is 269 g/mol. The Balaban J connectivity index is 2.01. The van der Waals surface area contributed by atoms with Crippen molar-refractivity contribution in [3.63, 3.8) is 0 Å². The quantitative estimate of drug-likeness (QED) is 0.824. The SMILES string of the molecule is COC1(CNC(=O)c2cc(S)ccc2F)CCC1. The van der Waals surface area contributed by atoms with Gasteiger partial charge < -0.3 is 10.1 Å². The van der Waals surface area contributed by atoms with E-state index in [4.69, 9.17) is 4.74 Å². The Bertz CT molecular complexity index is 455. The summed E-state index contributed by atoms with van der Waals surface area (Å²) in [4.78, 5) is 12.4. The third-order valence-corrected chi connectivity index (χ3v) is 3.74. The molecular formula is C13H16FNO2S. The van der Waals surface area contributed by atoms with Gasteiger partial charge in [-0.05, 0) is 37.5 Å². The Morgan fingerprint density at radius 2 is 2.28 bits per heavy atom. The number of carbonyl (C=O) groups excluding carboxylic acids is 1. The number of amides is 1. The van der Waals surface area contributed by atoms with Gasteiger partial charge in [0.05, 0.1) is 11.2 Å². The highest BCUT2D eigenvalue weighted by Crippen LogP contribution is 2.34. The summed E-state index contributed by atoms with van der Waals surface area (Å²) in [5.74, 6) is -0.961. The number of methoxy groups -OCH3 is 1. The molecule has 5 heteroatoms. The van der Waals surface area contributed by atoms with Gasteiger partial charge in [0.2, 0.25) is 0 Å². The van der Waals surface area contributed by atoms with E-state index in [1.165, 1.54) is 18.2 Å². The van der Waals surface area contributed by atoms with Gasteiger partial charge in [0, 0.05) is 18.6 Å². The average Bonchev–Trinajstić information content (AvgIpc) is 2.31. The topological polar surface area (TPSA) is 38.3 Å². The number of rotatable bonds is 4. The molecule has 0 aliphatic heterocycles. The molecule has 0 spiro atoms. The maximum atomic E-state index is 13.5. The van der Waals surface area contributed by atoms with Crippen LogP contribution in [0.15, 0.2) is 23.1 Å². The molecule has 1 amide bonds. The molecule has 0 saturated heterocycles. The van der Waals surface area contributed by atoms with Gasteiger partial charge >= 0.3 is 0 Å². The fourth-order valence-corrected chi connectivity index (χ4v) is 2.25. The minimum Gasteiger partial charge on any atom is -0.376 e. The Labute approximate surface area is 111 Å².